The Kier molecular flexibility index (Phi) is 6.46. The van der Waals surface area contributed by atoms with Crippen molar-refractivity contribution in [3.8, 4) is 16.3 Å². The summed E-state index contributed by atoms with van der Waals surface area (Å²) >= 11 is 7.33. The average Bonchev–Trinajstić information content (AvgIpc) is 3.21. The molecule has 2 amide bonds. The molecule has 1 heterocycles. The Balaban J connectivity index is 1.53. The van der Waals surface area contributed by atoms with Crippen LogP contribution in [0.5, 0.6) is 5.75 Å². The number of para-hydroxylation sites is 2. The van der Waals surface area contributed by atoms with E-state index in [9.17, 15) is 9.59 Å². The van der Waals surface area contributed by atoms with Gasteiger partial charge in [-0.05, 0) is 18.2 Å². The zero-order chi connectivity index (χ0) is 19.9. The van der Waals surface area contributed by atoms with Crippen LogP contribution in [-0.4, -0.2) is 30.5 Å². The highest BCUT2D eigenvalue weighted by molar-refractivity contribution is 7.17. The number of ether oxygens (including phenoxy) is 1. The van der Waals surface area contributed by atoms with Crippen LogP contribution in [0.2, 0.25) is 5.02 Å². The number of anilines is 1. The average molecular weight is 417 g/mol. The van der Waals surface area contributed by atoms with Gasteiger partial charge in [0.25, 0.3) is 11.8 Å². The van der Waals surface area contributed by atoms with Gasteiger partial charge in [-0.15, -0.1) is 11.3 Å². The van der Waals surface area contributed by atoms with Gasteiger partial charge >= 0.3 is 0 Å². The summed E-state index contributed by atoms with van der Waals surface area (Å²) in [7, 11) is 1.55. The van der Waals surface area contributed by atoms with Gasteiger partial charge in [0, 0.05) is 5.56 Å². The zero-order valence-corrected chi connectivity index (χ0v) is 16.4. The summed E-state index contributed by atoms with van der Waals surface area (Å²) in [6, 6.07) is 14.5. The lowest BCUT2D eigenvalue weighted by Crippen LogP contribution is -2.43. The third-order valence-corrected chi connectivity index (χ3v) is 5.05. The molecule has 0 aliphatic rings. The minimum absolute atomic E-state index is 0.0335. The molecule has 0 saturated carbocycles. The molecule has 0 aliphatic heterocycles. The maximum absolute atomic E-state index is 12.2. The van der Waals surface area contributed by atoms with Crippen LogP contribution in [0.3, 0.4) is 0 Å². The standard InChI is InChI=1S/C19H17ClN4O3S/c1-27-15-9-5-4-8-14(15)21-11-17(25)23-24-18(26)16-10-22-19(28-16)12-6-2-3-7-13(12)20/h2-10,21H,11H2,1H3,(H,23,25)(H,24,26). The summed E-state index contributed by atoms with van der Waals surface area (Å²) in [5.41, 5.74) is 6.16. The smallest absolute Gasteiger partial charge is 0.281 e. The van der Waals surface area contributed by atoms with Gasteiger partial charge in [0.15, 0.2) is 0 Å². The lowest BCUT2D eigenvalue weighted by atomic mass is 10.2. The molecule has 0 unspecified atom stereocenters. The fourth-order valence-electron chi connectivity index (χ4n) is 2.34. The van der Waals surface area contributed by atoms with E-state index in [2.05, 4.69) is 21.2 Å². The predicted octanol–water partition coefficient (Wildman–Crippen LogP) is 3.35. The van der Waals surface area contributed by atoms with E-state index in [1.54, 1.807) is 25.3 Å². The molecule has 3 N–H and O–H groups in total. The second-order valence-electron chi connectivity index (χ2n) is 5.57. The second-order valence-corrected chi connectivity index (χ2v) is 7.00. The molecule has 3 rings (SSSR count). The molecule has 1 aromatic heterocycles. The lowest BCUT2D eigenvalue weighted by molar-refractivity contribution is -0.120. The SMILES string of the molecule is COc1ccccc1NCC(=O)NNC(=O)c1cnc(-c2ccccc2Cl)s1. The molecule has 0 aliphatic carbocycles. The number of rotatable bonds is 6. The number of thiazole rings is 1. The molecule has 144 valence electrons. The molecule has 2 aromatic carbocycles. The number of aromatic nitrogens is 1. The number of hydrogen-bond donors (Lipinski definition) is 3. The predicted molar refractivity (Wildman–Crippen MR) is 110 cm³/mol. The van der Waals surface area contributed by atoms with Crippen molar-refractivity contribution in [1.29, 1.82) is 0 Å². The van der Waals surface area contributed by atoms with E-state index in [4.69, 9.17) is 16.3 Å². The van der Waals surface area contributed by atoms with Crippen LogP contribution in [0.1, 0.15) is 9.67 Å². The molecule has 0 radical (unpaired) electrons. The van der Waals surface area contributed by atoms with Gasteiger partial charge in [-0.1, -0.05) is 41.9 Å². The van der Waals surface area contributed by atoms with Crippen molar-refractivity contribution in [2.24, 2.45) is 0 Å². The number of benzene rings is 2. The van der Waals surface area contributed by atoms with Gasteiger partial charge < -0.3 is 10.1 Å². The van der Waals surface area contributed by atoms with Crippen molar-refractivity contribution in [3.63, 3.8) is 0 Å². The summed E-state index contributed by atoms with van der Waals surface area (Å²) in [6.45, 7) is -0.0335. The van der Waals surface area contributed by atoms with Crippen LogP contribution in [0.4, 0.5) is 5.69 Å². The normalized spacial score (nSPS) is 10.2. The Morgan fingerprint density at radius 3 is 2.64 bits per heavy atom. The summed E-state index contributed by atoms with van der Waals surface area (Å²) < 4.78 is 5.20. The fourth-order valence-corrected chi connectivity index (χ4v) is 3.47. The maximum Gasteiger partial charge on any atom is 0.281 e. The highest BCUT2D eigenvalue weighted by atomic mass is 35.5. The van der Waals surface area contributed by atoms with Gasteiger partial charge in [-0.25, -0.2) is 4.98 Å². The van der Waals surface area contributed by atoms with Crippen LogP contribution in [0.15, 0.2) is 54.7 Å². The van der Waals surface area contributed by atoms with E-state index in [0.717, 1.165) is 5.56 Å². The van der Waals surface area contributed by atoms with E-state index < -0.39 is 11.8 Å². The molecular formula is C19H17ClN4O3S. The molecule has 0 saturated heterocycles. The van der Waals surface area contributed by atoms with Gasteiger partial charge in [0.1, 0.15) is 15.6 Å². The van der Waals surface area contributed by atoms with Crippen LogP contribution in [-0.2, 0) is 4.79 Å². The molecule has 3 aromatic rings. The first kappa shape index (κ1) is 19.7. The number of carbonyl (C=O) groups excluding carboxylic acids is 2. The minimum atomic E-state index is -0.457. The number of nitrogens with one attached hydrogen (secondary N) is 3. The molecule has 0 fully saturated rings. The number of hydrogen-bond acceptors (Lipinski definition) is 6. The topological polar surface area (TPSA) is 92.4 Å². The maximum atomic E-state index is 12.2. The van der Waals surface area contributed by atoms with Crippen LogP contribution < -0.4 is 20.9 Å². The van der Waals surface area contributed by atoms with E-state index >= 15 is 0 Å². The highest BCUT2D eigenvalue weighted by Crippen LogP contribution is 2.30. The van der Waals surface area contributed by atoms with E-state index in [-0.39, 0.29) is 6.54 Å². The van der Waals surface area contributed by atoms with Gasteiger partial charge in [-0.3, -0.25) is 20.4 Å². The molecule has 0 spiro atoms. The van der Waals surface area contributed by atoms with Crippen molar-refractivity contribution in [2.75, 3.05) is 19.0 Å². The van der Waals surface area contributed by atoms with Gasteiger partial charge in [0.2, 0.25) is 0 Å². The Bertz CT molecular complexity index is 993. The second kappa shape index (κ2) is 9.20. The summed E-state index contributed by atoms with van der Waals surface area (Å²) in [5, 5.41) is 4.13. The Hall–Kier alpha value is -3.10. The largest absolute Gasteiger partial charge is 0.495 e. The lowest BCUT2D eigenvalue weighted by Gasteiger charge is -2.11. The van der Waals surface area contributed by atoms with Crippen molar-refractivity contribution in [3.05, 3.63) is 64.6 Å². The summed E-state index contributed by atoms with van der Waals surface area (Å²) in [5.74, 6) is -0.243. The molecule has 0 bridgehead atoms. The van der Waals surface area contributed by atoms with Gasteiger partial charge in [-0.2, -0.15) is 0 Å². The monoisotopic (exact) mass is 416 g/mol. The van der Waals surface area contributed by atoms with Crippen LogP contribution >= 0.6 is 22.9 Å². The quantitative estimate of drug-likeness (QED) is 0.536. The Morgan fingerprint density at radius 1 is 1.11 bits per heavy atom. The fraction of sp³-hybridized carbons (Fsp3) is 0.105. The minimum Gasteiger partial charge on any atom is -0.495 e. The highest BCUT2D eigenvalue weighted by Gasteiger charge is 2.14. The van der Waals surface area contributed by atoms with E-state index in [0.29, 0.717) is 26.3 Å². The van der Waals surface area contributed by atoms with Crippen LogP contribution in [0.25, 0.3) is 10.6 Å². The van der Waals surface area contributed by atoms with Crippen LogP contribution in [0, 0.1) is 0 Å². The molecular weight excluding hydrogens is 400 g/mol. The van der Waals surface area contributed by atoms with Gasteiger partial charge in [0.05, 0.1) is 30.6 Å². The number of halogens is 1. The number of nitrogens with zero attached hydrogens (tertiary/aromatic N) is 1. The number of methoxy groups -OCH3 is 1. The number of hydrazine groups is 1. The number of amides is 2. The first-order valence-corrected chi connectivity index (χ1v) is 9.44. The third kappa shape index (κ3) is 4.79. The molecule has 28 heavy (non-hydrogen) atoms. The molecule has 7 nitrogen and oxygen atoms in total. The first-order chi connectivity index (χ1) is 13.6. The number of carbonyl (C=O) groups is 2. The van der Waals surface area contributed by atoms with Crippen molar-refractivity contribution < 1.29 is 14.3 Å². The molecule has 9 heteroatoms. The summed E-state index contributed by atoms with van der Waals surface area (Å²) in [4.78, 5) is 28.8. The Morgan fingerprint density at radius 2 is 1.86 bits per heavy atom. The van der Waals surface area contributed by atoms with E-state index in [1.165, 1.54) is 17.5 Å². The molecule has 0 atom stereocenters. The first-order valence-electron chi connectivity index (χ1n) is 8.25. The van der Waals surface area contributed by atoms with Crippen molar-refractivity contribution in [1.82, 2.24) is 15.8 Å². The van der Waals surface area contributed by atoms with E-state index in [1.807, 2.05) is 30.3 Å². The van der Waals surface area contributed by atoms with Crippen molar-refractivity contribution >= 4 is 40.4 Å². The Labute approximate surface area is 170 Å². The zero-order valence-electron chi connectivity index (χ0n) is 14.9. The third-order valence-electron chi connectivity index (χ3n) is 3.70. The van der Waals surface area contributed by atoms with Crippen molar-refractivity contribution in [2.45, 2.75) is 0 Å². The summed E-state index contributed by atoms with van der Waals surface area (Å²) in [6.07, 6.45) is 1.44.